The van der Waals surface area contributed by atoms with E-state index >= 15 is 0 Å². The monoisotopic (exact) mass is 477 g/mol. The zero-order chi connectivity index (χ0) is 25.0. The summed E-state index contributed by atoms with van der Waals surface area (Å²) in [7, 11) is 1.78. The third kappa shape index (κ3) is 7.52. The van der Waals surface area contributed by atoms with Crippen molar-refractivity contribution in [3.63, 3.8) is 0 Å². The first-order valence-electron chi connectivity index (χ1n) is 11.4. The van der Waals surface area contributed by atoms with Crippen LogP contribution >= 0.6 is 0 Å². The third-order valence-electron chi connectivity index (χ3n) is 6.03. The standard InChI is InChI=1S/C22H36BN5O6/c1-32-17-8-7-16(14-18(17)33-2)9-13-26-20(30)22(10-3-4-11-22)23(31)34-19(28-15-29)6-5-12-27-21(24)25/h7-8,14-15,19,31H,3-6,9-13H2,1-2H3,(H,26,30)(H,28,29)(H4,24,25,27)/t19-/m1/s1. The Bertz CT molecular complexity index is 830. The number of hydrogen-bond acceptors (Lipinski definition) is 7. The lowest BCUT2D eigenvalue weighted by Crippen LogP contribution is -2.49. The van der Waals surface area contributed by atoms with Crippen LogP contribution in [-0.4, -0.2) is 64.0 Å². The second kappa shape index (κ2) is 13.7. The number of guanidine groups is 1. The number of aliphatic imine (C=N–C) groups is 1. The van der Waals surface area contributed by atoms with Crippen molar-refractivity contribution in [3.05, 3.63) is 23.8 Å². The number of nitrogens with zero attached hydrogens (tertiary/aromatic N) is 1. The Hall–Kier alpha value is -2.99. The topological polar surface area (TPSA) is 171 Å². The number of amides is 2. The molecule has 0 saturated heterocycles. The summed E-state index contributed by atoms with van der Waals surface area (Å²) in [5.74, 6) is 0.979. The number of nitrogens with one attached hydrogen (secondary N) is 2. The molecule has 1 aliphatic carbocycles. The molecular formula is C22H36BN5O6. The molecule has 0 unspecified atom stereocenters. The van der Waals surface area contributed by atoms with Crippen molar-refractivity contribution >= 4 is 25.4 Å². The summed E-state index contributed by atoms with van der Waals surface area (Å²) in [6, 6.07) is 5.60. The molecular weight excluding hydrogens is 441 g/mol. The van der Waals surface area contributed by atoms with E-state index in [0.717, 1.165) is 18.4 Å². The fourth-order valence-corrected chi connectivity index (χ4v) is 4.16. The molecule has 1 aliphatic rings. The molecule has 1 aromatic rings. The molecule has 1 fully saturated rings. The van der Waals surface area contributed by atoms with Gasteiger partial charge in [0.1, 0.15) is 6.23 Å². The molecule has 34 heavy (non-hydrogen) atoms. The zero-order valence-electron chi connectivity index (χ0n) is 19.9. The van der Waals surface area contributed by atoms with Crippen molar-refractivity contribution in [1.29, 1.82) is 0 Å². The van der Waals surface area contributed by atoms with Crippen LogP contribution in [-0.2, 0) is 20.7 Å². The van der Waals surface area contributed by atoms with Crippen molar-refractivity contribution in [2.24, 2.45) is 16.5 Å². The summed E-state index contributed by atoms with van der Waals surface area (Å²) in [5, 5.41) is 15.3. The first-order chi connectivity index (χ1) is 16.4. The molecule has 1 atom stereocenters. The van der Waals surface area contributed by atoms with Gasteiger partial charge < -0.3 is 41.3 Å². The maximum atomic E-state index is 13.2. The molecule has 2 amide bonds. The van der Waals surface area contributed by atoms with Crippen LogP contribution in [0.1, 0.15) is 44.1 Å². The normalized spacial score (nSPS) is 15.1. The second-order valence-electron chi connectivity index (χ2n) is 8.27. The molecule has 11 nitrogen and oxygen atoms in total. The van der Waals surface area contributed by atoms with Crippen molar-refractivity contribution in [3.8, 4) is 11.5 Å². The highest BCUT2D eigenvalue weighted by molar-refractivity contribution is 6.53. The number of nitrogens with two attached hydrogens (primary N) is 2. The Kier molecular flexibility index (Phi) is 10.9. The largest absolute Gasteiger partial charge is 0.493 e. The van der Waals surface area contributed by atoms with Crippen LogP contribution in [0.25, 0.3) is 0 Å². The van der Waals surface area contributed by atoms with Crippen LogP contribution in [0.4, 0.5) is 0 Å². The molecule has 0 aliphatic heterocycles. The number of benzene rings is 1. The van der Waals surface area contributed by atoms with Crippen molar-refractivity contribution in [2.45, 2.75) is 56.5 Å². The van der Waals surface area contributed by atoms with Gasteiger partial charge >= 0.3 is 7.12 Å². The Morgan fingerprint density at radius 1 is 1.26 bits per heavy atom. The first kappa shape index (κ1) is 27.3. The fourth-order valence-electron chi connectivity index (χ4n) is 4.16. The van der Waals surface area contributed by atoms with Gasteiger partial charge in [0.25, 0.3) is 0 Å². The van der Waals surface area contributed by atoms with Crippen LogP contribution in [0.3, 0.4) is 0 Å². The third-order valence-corrected chi connectivity index (χ3v) is 6.03. The van der Waals surface area contributed by atoms with Crippen molar-refractivity contribution in [2.75, 3.05) is 27.3 Å². The molecule has 12 heteroatoms. The van der Waals surface area contributed by atoms with Crippen molar-refractivity contribution < 1.29 is 28.7 Å². The van der Waals surface area contributed by atoms with E-state index in [4.69, 9.17) is 25.6 Å². The first-order valence-corrected chi connectivity index (χ1v) is 11.4. The van der Waals surface area contributed by atoms with E-state index < -0.39 is 18.7 Å². The van der Waals surface area contributed by atoms with E-state index in [9.17, 15) is 14.6 Å². The van der Waals surface area contributed by atoms with Crippen LogP contribution in [0.5, 0.6) is 11.5 Å². The van der Waals surface area contributed by atoms with E-state index in [0.29, 0.717) is 63.1 Å². The van der Waals surface area contributed by atoms with Gasteiger partial charge in [0.05, 0.1) is 19.5 Å². The van der Waals surface area contributed by atoms with Crippen molar-refractivity contribution in [1.82, 2.24) is 10.6 Å². The average molecular weight is 477 g/mol. The number of carbonyl (C=O) groups excluding carboxylic acids is 2. The fraction of sp³-hybridized carbons (Fsp3) is 0.591. The van der Waals surface area contributed by atoms with Gasteiger partial charge in [-0.1, -0.05) is 18.9 Å². The van der Waals surface area contributed by atoms with Gasteiger partial charge in [-0.3, -0.25) is 14.6 Å². The molecule has 1 saturated carbocycles. The van der Waals surface area contributed by atoms with Crippen LogP contribution in [0.2, 0.25) is 5.31 Å². The van der Waals surface area contributed by atoms with Gasteiger partial charge in [0.2, 0.25) is 12.3 Å². The number of ether oxygens (including phenoxy) is 2. The lowest BCUT2D eigenvalue weighted by atomic mass is 9.55. The summed E-state index contributed by atoms with van der Waals surface area (Å²) in [4.78, 5) is 28.1. The van der Waals surface area contributed by atoms with E-state index in [-0.39, 0.29) is 11.9 Å². The lowest BCUT2D eigenvalue weighted by molar-refractivity contribution is -0.125. The number of rotatable bonds is 15. The molecule has 188 valence electrons. The molecule has 0 spiro atoms. The molecule has 0 radical (unpaired) electrons. The van der Waals surface area contributed by atoms with Gasteiger partial charge in [0, 0.05) is 13.1 Å². The summed E-state index contributed by atoms with van der Waals surface area (Å²) in [5.41, 5.74) is 11.6. The minimum absolute atomic E-state index is 0.0180. The van der Waals surface area contributed by atoms with Gasteiger partial charge in [-0.25, -0.2) is 0 Å². The van der Waals surface area contributed by atoms with Gasteiger partial charge in [-0.05, 0) is 49.8 Å². The maximum absolute atomic E-state index is 13.2. The Morgan fingerprint density at radius 2 is 1.97 bits per heavy atom. The predicted octanol–water partition coefficient (Wildman–Crippen LogP) is 0.300. The molecule has 0 bridgehead atoms. The molecule has 2 rings (SSSR count). The highest BCUT2D eigenvalue weighted by Gasteiger charge is 2.52. The Morgan fingerprint density at radius 3 is 2.59 bits per heavy atom. The molecule has 1 aromatic carbocycles. The highest BCUT2D eigenvalue weighted by atomic mass is 16.5. The van der Waals surface area contributed by atoms with Gasteiger partial charge in [-0.2, -0.15) is 0 Å². The van der Waals surface area contributed by atoms with Crippen LogP contribution < -0.4 is 31.6 Å². The Labute approximate surface area is 200 Å². The average Bonchev–Trinajstić information content (AvgIpc) is 3.33. The quantitative estimate of drug-likeness (QED) is 0.0600. The smallest absolute Gasteiger partial charge is 0.472 e. The second-order valence-corrected chi connectivity index (χ2v) is 8.27. The van der Waals surface area contributed by atoms with Gasteiger partial charge in [-0.15, -0.1) is 0 Å². The number of carbonyl (C=O) groups is 2. The zero-order valence-corrected chi connectivity index (χ0v) is 19.9. The molecule has 0 aromatic heterocycles. The summed E-state index contributed by atoms with van der Waals surface area (Å²) >= 11 is 0. The summed E-state index contributed by atoms with van der Waals surface area (Å²) in [6.07, 6.45) is 3.83. The van der Waals surface area contributed by atoms with E-state index in [2.05, 4.69) is 15.6 Å². The summed E-state index contributed by atoms with van der Waals surface area (Å²) < 4.78 is 16.3. The summed E-state index contributed by atoms with van der Waals surface area (Å²) in [6.45, 7) is 0.748. The van der Waals surface area contributed by atoms with Crippen LogP contribution in [0, 0.1) is 0 Å². The number of methoxy groups -OCH3 is 2. The minimum atomic E-state index is -1.36. The van der Waals surface area contributed by atoms with E-state index in [1.165, 1.54) is 0 Å². The minimum Gasteiger partial charge on any atom is -0.493 e. The molecule has 7 N–H and O–H groups in total. The Balaban J connectivity index is 1.97. The molecule has 0 heterocycles. The van der Waals surface area contributed by atoms with Gasteiger partial charge in [0.15, 0.2) is 17.5 Å². The lowest BCUT2D eigenvalue weighted by Gasteiger charge is -2.31. The maximum Gasteiger partial charge on any atom is 0.472 e. The van der Waals surface area contributed by atoms with E-state index in [1.54, 1.807) is 14.2 Å². The SMILES string of the molecule is COc1ccc(CCNC(=O)C2(B(O)O[C@H](CCCN=C(N)N)NC=O)CCCC2)cc1OC. The highest BCUT2D eigenvalue weighted by Crippen LogP contribution is 2.47. The van der Waals surface area contributed by atoms with Crippen LogP contribution in [0.15, 0.2) is 23.2 Å². The van der Waals surface area contributed by atoms with E-state index in [1.807, 2.05) is 18.2 Å². The predicted molar refractivity (Wildman–Crippen MR) is 129 cm³/mol. The number of hydrogen-bond donors (Lipinski definition) is 5.